The summed E-state index contributed by atoms with van der Waals surface area (Å²) >= 11 is 0. The van der Waals surface area contributed by atoms with Gasteiger partial charge in [-0.05, 0) is 55.4 Å². The number of anilines is 1. The van der Waals surface area contributed by atoms with E-state index in [4.69, 9.17) is 0 Å². The standard InChI is InChI=1S/C19H28N2O2/c1-19(10-2-3-11-19)14-20-18(23)15-4-6-16(7-5-15)21-12-8-17(22)9-13-21/h4-7,17,22H,2-3,8-14H2,1H3,(H,20,23). The van der Waals surface area contributed by atoms with E-state index in [1.54, 1.807) is 0 Å². The average molecular weight is 316 g/mol. The van der Waals surface area contributed by atoms with Crippen molar-refractivity contribution in [3.05, 3.63) is 29.8 Å². The summed E-state index contributed by atoms with van der Waals surface area (Å²) in [7, 11) is 0. The monoisotopic (exact) mass is 316 g/mol. The summed E-state index contributed by atoms with van der Waals surface area (Å²) in [5, 5.41) is 12.7. The van der Waals surface area contributed by atoms with Gasteiger partial charge in [0.05, 0.1) is 6.10 Å². The van der Waals surface area contributed by atoms with Gasteiger partial charge in [0.2, 0.25) is 0 Å². The number of nitrogens with zero attached hydrogens (tertiary/aromatic N) is 1. The summed E-state index contributed by atoms with van der Waals surface area (Å²) in [5.41, 5.74) is 2.15. The van der Waals surface area contributed by atoms with Crippen molar-refractivity contribution in [3.63, 3.8) is 0 Å². The maximum Gasteiger partial charge on any atom is 0.251 e. The van der Waals surface area contributed by atoms with Crippen molar-refractivity contribution in [3.8, 4) is 0 Å². The highest BCUT2D eigenvalue weighted by molar-refractivity contribution is 5.94. The summed E-state index contributed by atoms with van der Waals surface area (Å²) in [6, 6.07) is 7.85. The van der Waals surface area contributed by atoms with Gasteiger partial charge in [-0.15, -0.1) is 0 Å². The fourth-order valence-corrected chi connectivity index (χ4v) is 3.75. The van der Waals surface area contributed by atoms with Crippen LogP contribution in [-0.4, -0.2) is 36.8 Å². The number of aliphatic hydroxyl groups excluding tert-OH is 1. The van der Waals surface area contributed by atoms with Gasteiger partial charge in [0.1, 0.15) is 0 Å². The van der Waals surface area contributed by atoms with E-state index in [9.17, 15) is 9.90 Å². The Morgan fingerprint density at radius 3 is 2.43 bits per heavy atom. The summed E-state index contributed by atoms with van der Waals surface area (Å²) in [5.74, 6) is 0.0266. The number of hydrogen-bond acceptors (Lipinski definition) is 3. The van der Waals surface area contributed by atoms with Crippen molar-refractivity contribution in [2.45, 2.75) is 51.6 Å². The highest BCUT2D eigenvalue weighted by Crippen LogP contribution is 2.36. The molecule has 1 saturated heterocycles. The Kier molecular flexibility index (Phi) is 4.90. The van der Waals surface area contributed by atoms with Crippen molar-refractivity contribution in [1.29, 1.82) is 0 Å². The van der Waals surface area contributed by atoms with Gasteiger partial charge in [-0.3, -0.25) is 4.79 Å². The first-order valence-corrected chi connectivity index (χ1v) is 8.87. The van der Waals surface area contributed by atoms with Crippen LogP contribution >= 0.6 is 0 Å². The molecule has 0 unspecified atom stereocenters. The van der Waals surface area contributed by atoms with E-state index in [0.29, 0.717) is 0 Å². The van der Waals surface area contributed by atoms with Gasteiger partial charge in [0.25, 0.3) is 5.91 Å². The highest BCUT2D eigenvalue weighted by Gasteiger charge is 2.29. The van der Waals surface area contributed by atoms with E-state index in [-0.39, 0.29) is 17.4 Å². The van der Waals surface area contributed by atoms with Crippen molar-refractivity contribution in [2.24, 2.45) is 5.41 Å². The van der Waals surface area contributed by atoms with Crippen LogP contribution in [0.4, 0.5) is 5.69 Å². The second-order valence-electron chi connectivity index (χ2n) is 7.47. The molecule has 0 radical (unpaired) electrons. The highest BCUT2D eigenvalue weighted by atomic mass is 16.3. The Morgan fingerprint density at radius 2 is 1.83 bits per heavy atom. The maximum absolute atomic E-state index is 12.3. The molecule has 126 valence electrons. The maximum atomic E-state index is 12.3. The van der Waals surface area contributed by atoms with E-state index in [1.807, 2.05) is 24.3 Å². The predicted octanol–water partition coefficient (Wildman–Crippen LogP) is 2.96. The van der Waals surface area contributed by atoms with Crippen molar-refractivity contribution < 1.29 is 9.90 Å². The van der Waals surface area contributed by atoms with Crippen LogP contribution in [0.15, 0.2) is 24.3 Å². The Hall–Kier alpha value is -1.55. The SMILES string of the molecule is CC1(CNC(=O)c2ccc(N3CCC(O)CC3)cc2)CCCC1. The minimum absolute atomic E-state index is 0.0266. The number of nitrogens with one attached hydrogen (secondary N) is 1. The molecule has 0 atom stereocenters. The molecule has 0 spiro atoms. The molecule has 2 aliphatic rings. The van der Waals surface area contributed by atoms with Crippen LogP contribution in [0.1, 0.15) is 55.8 Å². The molecule has 3 rings (SSSR count). The van der Waals surface area contributed by atoms with Crippen LogP contribution in [0.25, 0.3) is 0 Å². The molecule has 4 heteroatoms. The molecule has 23 heavy (non-hydrogen) atoms. The Morgan fingerprint density at radius 1 is 1.22 bits per heavy atom. The van der Waals surface area contributed by atoms with Crippen LogP contribution in [0.3, 0.4) is 0 Å². The summed E-state index contributed by atoms with van der Waals surface area (Å²) in [6.07, 6.45) is 6.48. The molecule has 0 aromatic heterocycles. The lowest BCUT2D eigenvalue weighted by Gasteiger charge is -2.31. The Balaban J connectivity index is 1.55. The number of piperidine rings is 1. The zero-order chi connectivity index (χ0) is 16.3. The fourth-order valence-electron chi connectivity index (χ4n) is 3.75. The first-order valence-electron chi connectivity index (χ1n) is 8.87. The van der Waals surface area contributed by atoms with Gasteiger partial charge in [0, 0.05) is 30.9 Å². The Bertz CT molecular complexity index is 527. The van der Waals surface area contributed by atoms with Crippen LogP contribution in [0.2, 0.25) is 0 Å². The Labute approximate surface area is 138 Å². The molecule has 1 aromatic carbocycles. The minimum Gasteiger partial charge on any atom is -0.393 e. The van der Waals surface area contributed by atoms with Crippen molar-refractivity contribution in [1.82, 2.24) is 5.32 Å². The predicted molar refractivity (Wildman–Crippen MR) is 92.8 cm³/mol. The van der Waals surface area contributed by atoms with Gasteiger partial charge in [-0.25, -0.2) is 0 Å². The minimum atomic E-state index is -0.159. The van der Waals surface area contributed by atoms with Crippen LogP contribution in [-0.2, 0) is 0 Å². The number of aliphatic hydroxyl groups is 1. The summed E-state index contributed by atoms with van der Waals surface area (Å²) < 4.78 is 0. The smallest absolute Gasteiger partial charge is 0.251 e. The van der Waals surface area contributed by atoms with E-state index in [0.717, 1.165) is 43.7 Å². The number of carbonyl (C=O) groups excluding carboxylic acids is 1. The normalized spacial score (nSPS) is 21.4. The lowest BCUT2D eigenvalue weighted by Crippen LogP contribution is -2.36. The zero-order valence-electron chi connectivity index (χ0n) is 14.1. The van der Waals surface area contributed by atoms with Gasteiger partial charge in [-0.1, -0.05) is 19.8 Å². The quantitative estimate of drug-likeness (QED) is 0.898. The van der Waals surface area contributed by atoms with Gasteiger partial charge in [-0.2, -0.15) is 0 Å². The summed E-state index contributed by atoms with van der Waals surface area (Å²) in [6.45, 7) is 4.81. The molecular formula is C19H28N2O2. The third-order valence-electron chi connectivity index (χ3n) is 5.45. The summed E-state index contributed by atoms with van der Waals surface area (Å²) in [4.78, 5) is 14.6. The average Bonchev–Trinajstić information content (AvgIpc) is 3.01. The first kappa shape index (κ1) is 16.3. The number of rotatable bonds is 4. The third-order valence-corrected chi connectivity index (χ3v) is 5.45. The van der Waals surface area contributed by atoms with Crippen LogP contribution in [0.5, 0.6) is 0 Å². The fraction of sp³-hybridized carbons (Fsp3) is 0.632. The van der Waals surface area contributed by atoms with Crippen molar-refractivity contribution in [2.75, 3.05) is 24.5 Å². The molecule has 4 nitrogen and oxygen atoms in total. The van der Waals surface area contributed by atoms with E-state index in [2.05, 4.69) is 17.1 Å². The van der Waals surface area contributed by atoms with Crippen molar-refractivity contribution >= 4 is 11.6 Å². The van der Waals surface area contributed by atoms with E-state index in [1.165, 1.54) is 25.7 Å². The number of benzene rings is 1. The molecule has 2 fully saturated rings. The lowest BCUT2D eigenvalue weighted by molar-refractivity contribution is 0.0934. The second kappa shape index (κ2) is 6.91. The number of carbonyl (C=O) groups is 1. The van der Waals surface area contributed by atoms with Gasteiger partial charge in [0.15, 0.2) is 0 Å². The molecule has 1 heterocycles. The molecule has 2 N–H and O–H groups in total. The largest absolute Gasteiger partial charge is 0.393 e. The molecule has 1 aliphatic heterocycles. The lowest BCUT2D eigenvalue weighted by atomic mass is 9.89. The zero-order valence-corrected chi connectivity index (χ0v) is 14.1. The first-order chi connectivity index (χ1) is 11.1. The van der Waals surface area contributed by atoms with Crippen LogP contribution in [0, 0.1) is 5.41 Å². The van der Waals surface area contributed by atoms with E-state index < -0.39 is 0 Å². The molecule has 1 aromatic rings. The van der Waals surface area contributed by atoms with Gasteiger partial charge < -0.3 is 15.3 Å². The number of hydrogen-bond donors (Lipinski definition) is 2. The molecule has 1 aliphatic carbocycles. The van der Waals surface area contributed by atoms with Crippen LogP contribution < -0.4 is 10.2 Å². The van der Waals surface area contributed by atoms with E-state index >= 15 is 0 Å². The number of amides is 1. The molecule has 0 bridgehead atoms. The van der Waals surface area contributed by atoms with Gasteiger partial charge >= 0.3 is 0 Å². The molecule has 1 saturated carbocycles. The molecular weight excluding hydrogens is 288 g/mol. The molecule has 1 amide bonds. The topological polar surface area (TPSA) is 52.6 Å². The second-order valence-corrected chi connectivity index (χ2v) is 7.47. The third kappa shape index (κ3) is 4.05.